The lowest BCUT2D eigenvalue weighted by Crippen LogP contribution is -2.22. The zero-order chi connectivity index (χ0) is 13.2. The molecule has 0 radical (unpaired) electrons. The summed E-state index contributed by atoms with van der Waals surface area (Å²) < 4.78 is 5.65. The molecule has 1 rings (SSSR count). The molecule has 0 aromatic heterocycles. The van der Waals surface area contributed by atoms with Crippen LogP contribution in [0.3, 0.4) is 0 Å². The van der Waals surface area contributed by atoms with Crippen LogP contribution in [0.4, 0.5) is 5.69 Å². The van der Waals surface area contributed by atoms with Crippen LogP contribution in [0.2, 0.25) is 0 Å². The van der Waals surface area contributed by atoms with E-state index in [1.807, 2.05) is 24.3 Å². The summed E-state index contributed by atoms with van der Waals surface area (Å²) in [6, 6.07) is 7.57. The molecule has 1 aromatic rings. The van der Waals surface area contributed by atoms with Gasteiger partial charge in [-0.1, -0.05) is 19.8 Å². The fraction of sp³-hybridized carbons (Fsp3) is 0.600. The Morgan fingerprint density at radius 2 is 1.72 bits per heavy atom. The van der Waals surface area contributed by atoms with E-state index in [0.29, 0.717) is 0 Å². The maximum atomic E-state index is 5.65. The van der Waals surface area contributed by atoms with Crippen LogP contribution in [0, 0.1) is 0 Å². The van der Waals surface area contributed by atoms with Crippen molar-refractivity contribution >= 4 is 5.69 Å². The molecule has 0 spiro atoms. The molecule has 102 valence electrons. The Bertz CT molecular complexity index is 311. The van der Waals surface area contributed by atoms with Crippen LogP contribution in [0.5, 0.6) is 5.75 Å². The van der Waals surface area contributed by atoms with Gasteiger partial charge in [-0.05, 0) is 50.7 Å². The molecule has 18 heavy (non-hydrogen) atoms. The fourth-order valence-electron chi connectivity index (χ4n) is 1.83. The molecule has 0 atom stereocenters. The highest BCUT2D eigenvalue weighted by Crippen LogP contribution is 2.13. The zero-order valence-corrected chi connectivity index (χ0v) is 11.7. The maximum Gasteiger partial charge on any atom is 0.119 e. The van der Waals surface area contributed by atoms with Crippen LogP contribution in [-0.4, -0.2) is 31.6 Å². The molecular formula is C15H26N2O. The minimum absolute atomic E-state index is 0.766. The topological polar surface area (TPSA) is 38.5 Å². The molecule has 0 bridgehead atoms. The quantitative estimate of drug-likeness (QED) is 0.540. The van der Waals surface area contributed by atoms with Gasteiger partial charge < -0.3 is 15.4 Å². The van der Waals surface area contributed by atoms with Gasteiger partial charge in [-0.15, -0.1) is 0 Å². The number of nitrogens with zero attached hydrogens (tertiary/aromatic N) is 1. The molecule has 3 nitrogen and oxygen atoms in total. The van der Waals surface area contributed by atoms with Crippen LogP contribution in [0.1, 0.15) is 32.6 Å². The average molecular weight is 250 g/mol. The molecule has 3 heteroatoms. The van der Waals surface area contributed by atoms with E-state index in [9.17, 15) is 0 Å². The van der Waals surface area contributed by atoms with Crippen molar-refractivity contribution in [1.82, 2.24) is 4.90 Å². The highest BCUT2D eigenvalue weighted by atomic mass is 16.5. The van der Waals surface area contributed by atoms with E-state index in [-0.39, 0.29) is 0 Å². The van der Waals surface area contributed by atoms with Crippen LogP contribution in [0.15, 0.2) is 24.3 Å². The summed E-state index contributed by atoms with van der Waals surface area (Å²) in [6.07, 6.45) is 4.97. The molecule has 0 aliphatic carbocycles. The van der Waals surface area contributed by atoms with E-state index in [1.54, 1.807) is 0 Å². The summed E-state index contributed by atoms with van der Waals surface area (Å²) in [7, 11) is 2.18. The first kappa shape index (κ1) is 14.8. The first-order chi connectivity index (χ1) is 8.72. The first-order valence-electron chi connectivity index (χ1n) is 6.89. The maximum absolute atomic E-state index is 5.65. The Morgan fingerprint density at radius 1 is 1.06 bits per heavy atom. The van der Waals surface area contributed by atoms with E-state index in [0.717, 1.165) is 31.0 Å². The van der Waals surface area contributed by atoms with Gasteiger partial charge in [0.05, 0.1) is 6.61 Å². The van der Waals surface area contributed by atoms with Crippen molar-refractivity contribution in [3.8, 4) is 5.75 Å². The Kier molecular flexibility index (Phi) is 7.26. The summed E-state index contributed by atoms with van der Waals surface area (Å²) in [5.74, 6) is 0.901. The van der Waals surface area contributed by atoms with Crippen molar-refractivity contribution in [2.75, 3.05) is 32.5 Å². The Labute approximate surface area is 111 Å². The monoisotopic (exact) mass is 250 g/mol. The molecule has 0 heterocycles. The Balaban J connectivity index is 2.05. The molecule has 0 amide bonds. The Morgan fingerprint density at radius 3 is 2.39 bits per heavy atom. The number of nitrogen functional groups attached to an aromatic ring is 1. The van der Waals surface area contributed by atoms with Crippen LogP contribution < -0.4 is 10.5 Å². The van der Waals surface area contributed by atoms with Gasteiger partial charge in [0.25, 0.3) is 0 Å². The SMILES string of the molecule is CCCCCN(C)CCCOc1ccc(N)cc1. The van der Waals surface area contributed by atoms with Crippen LogP contribution in [-0.2, 0) is 0 Å². The molecular weight excluding hydrogens is 224 g/mol. The smallest absolute Gasteiger partial charge is 0.119 e. The lowest BCUT2D eigenvalue weighted by molar-refractivity contribution is 0.260. The third-order valence-electron chi connectivity index (χ3n) is 2.98. The molecule has 0 aliphatic rings. The summed E-state index contributed by atoms with van der Waals surface area (Å²) in [5.41, 5.74) is 6.39. The summed E-state index contributed by atoms with van der Waals surface area (Å²) in [5, 5.41) is 0. The largest absolute Gasteiger partial charge is 0.494 e. The minimum Gasteiger partial charge on any atom is -0.494 e. The number of nitrogens with two attached hydrogens (primary N) is 1. The van der Waals surface area contributed by atoms with Gasteiger partial charge in [-0.3, -0.25) is 0 Å². The molecule has 0 fully saturated rings. The van der Waals surface area contributed by atoms with Crippen LogP contribution in [0.25, 0.3) is 0 Å². The lowest BCUT2D eigenvalue weighted by Gasteiger charge is -2.16. The zero-order valence-electron chi connectivity index (χ0n) is 11.7. The van der Waals surface area contributed by atoms with Gasteiger partial charge in [-0.25, -0.2) is 0 Å². The van der Waals surface area contributed by atoms with Gasteiger partial charge in [0.1, 0.15) is 5.75 Å². The van der Waals surface area contributed by atoms with Crippen LogP contribution >= 0.6 is 0 Å². The number of ether oxygens (including phenoxy) is 1. The molecule has 0 saturated heterocycles. The standard InChI is InChI=1S/C15H26N2O/c1-3-4-5-11-17(2)12-6-13-18-15-9-7-14(16)8-10-15/h7-10H,3-6,11-13,16H2,1-2H3. The van der Waals surface area contributed by atoms with Crippen molar-refractivity contribution in [3.63, 3.8) is 0 Å². The highest BCUT2D eigenvalue weighted by molar-refractivity contribution is 5.41. The summed E-state index contributed by atoms with van der Waals surface area (Å²) >= 11 is 0. The highest BCUT2D eigenvalue weighted by Gasteiger charge is 1.98. The second-order valence-corrected chi connectivity index (χ2v) is 4.78. The number of rotatable bonds is 9. The fourth-order valence-corrected chi connectivity index (χ4v) is 1.83. The van der Waals surface area contributed by atoms with Crippen molar-refractivity contribution in [3.05, 3.63) is 24.3 Å². The van der Waals surface area contributed by atoms with Crippen molar-refractivity contribution < 1.29 is 4.74 Å². The second kappa shape index (κ2) is 8.81. The molecule has 2 N–H and O–H groups in total. The van der Waals surface area contributed by atoms with E-state index < -0.39 is 0 Å². The van der Waals surface area contributed by atoms with E-state index >= 15 is 0 Å². The third-order valence-corrected chi connectivity index (χ3v) is 2.98. The van der Waals surface area contributed by atoms with E-state index in [4.69, 9.17) is 10.5 Å². The number of hydrogen-bond acceptors (Lipinski definition) is 3. The molecule has 1 aromatic carbocycles. The molecule has 0 unspecified atom stereocenters. The van der Waals surface area contributed by atoms with Crippen molar-refractivity contribution in [1.29, 1.82) is 0 Å². The van der Waals surface area contributed by atoms with Gasteiger partial charge in [0.15, 0.2) is 0 Å². The first-order valence-corrected chi connectivity index (χ1v) is 6.89. The number of anilines is 1. The van der Waals surface area contributed by atoms with Gasteiger partial charge in [0.2, 0.25) is 0 Å². The minimum atomic E-state index is 0.766. The van der Waals surface area contributed by atoms with Crippen molar-refractivity contribution in [2.45, 2.75) is 32.6 Å². The number of benzene rings is 1. The van der Waals surface area contributed by atoms with Gasteiger partial charge >= 0.3 is 0 Å². The third kappa shape index (κ3) is 6.50. The summed E-state index contributed by atoms with van der Waals surface area (Å²) in [4.78, 5) is 2.38. The molecule has 0 aliphatic heterocycles. The van der Waals surface area contributed by atoms with E-state index in [2.05, 4.69) is 18.9 Å². The predicted octanol–water partition coefficient (Wildman–Crippen LogP) is 3.16. The van der Waals surface area contributed by atoms with Gasteiger partial charge in [0, 0.05) is 12.2 Å². The molecule has 0 saturated carbocycles. The lowest BCUT2D eigenvalue weighted by atomic mass is 10.2. The Hall–Kier alpha value is -1.22. The van der Waals surface area contributed by atoms with E-state index in [1.165, 1.54) is 25.8 Å². The number of unbranched alkanes of at least 4 members (excludes halogenated alkanes) is 2. The normalized spacial score (nSPS) is 10.8. The average Bonchev–Trinajstić information content (AvgIpc) is 2.37. The number of hydrogen-bond donors (Lipinski definition) is 1. The van der Waals surface area contributed by atoms with Gasteiger partial charge in [-0.2, -0.15) is 0 Å². The second-order valence-electron chi connectivity index (χ2n) is 4.78. The summed E-state index contributed by atoms with van der Waals surface area (Å²) in [6.45, 7) is 5.29. The predicted molar refractivity (Wildman–Crippen MR) is 78.0 cm³/mol. The van der Waals surface area contributed by atoms with Crippen molar-refractivity contribution in [2.24, 2.45) is 0 Å².